The van der Waals surface area contributed by atoms with Crippen LogP contribution in [0.25, 0.3) is 0 Å². The fraction of sp³-hybridized carbons (Fsp3) is 0.462. The highest BCUT2D eigenvalue weighted by molar-refractivity contribution is 7.16. The second-order valence-corrected chi connectivity index (χ2v) is 5.72. The zero-order valence-corrected chi connectivity index (χ0v) is 12.1. The number of amides is 2. The van der Waals surface area contributed by atoms with Gasteiger partial charge in [0.25, 0.3) is 0 Å². The first kappa shape index (κ1) is 14.5. The zero-order valence-electron chi connectivity index (χ0n) is 11.3. The van der Waals surface area contributed by atoms with E-state index in [2.05, 4.69) is 10.6 Å². The topological polar surface area (TPSA) is 84.5 Å². The number of ether oxygens (including phenoxy) is 1. The van der Waals surface area contributed by atoms with E-state index in [1.165, 1.54) is 11.3 Å². The standard InChI is InChI=1S/C13H16N2O4S/c1-3-19-13(18)8-6-7(2)20-12(8)15-11(17)9-4-5-10(16)14-9/h6,9H,3-5H2,1-2H3,(H,14,16)(H,15,17). The maximum atomic E-state index is 12.0. The van der Waals surface area contributed by atoms with Crippen LogP contribution in [0.3, 0.4) is 0 Å². The minimum Gasteiger partial charge on any atom is -0.462 e. The van der Waals surface area contributed by atoms with Gasteiger partial charge in [-0.1, -0.05) is 0 Å². The molecule has 1 aliphatic rings. The minimum atomic E-state index is -0.528. The number of aryl methyl sites for hydroxylation is 1. The fourth-order valence-electron chi connectivity index (χ4n) is 1.98. The summed E-state index contributed by atoms with van der Waals surface area (Å²) in [6.45, 7) is 3.85. The highest BCUT2D eigenvalue weighted by Crippen LogP contribution is 2.28. The van der Waals surface area contributed by atoms with E-state index < -0.39 is 12.0 Å². The van der Waals surface area contributed by atoms with Gasteiger partial charge in [-0.05, 0) is 26.3 Å². The highest BCUT2D eigenvalue weighted by atomic mass is 32.1. The molecule has 0 aliphatic carbocycles. The molecule has 0 radical (unpaired) electrons. The molecule has 0 saturated carbocycles. The number of carbonyl (C=O) groups excluding carboxylic acids is 3. The van der Waals surface area contributed by atoms with Crippen LogP contribution in [0.4, 0.5) is 5.00 Å². The molecular formula is C13H16N2O4S. The smallest absolute Gasteiger partial charge is 0.341 e. The quantitative estimate of drug-likeness (QED) is 0.824. The molecule has 1 aliphatic heterocycles. The maximum absolute atomic E-state index is 12.0. The van der Waals surface area contributed by atoms with Crippen molar-refractivity contribution in [2.45, 2.75) is 32.7 Å². The maximum Gasteiger partial charge on any atom is 0.341 e. The number of hydrogen-bond acceptors (Lipinski definition) is 5. The van der Waals surface area contributed by atoms with Crippen LogP contribution < -0.4 is 10.6 Å². The van der Waals surface area contributed by atoms with Crippen molar-refractivity contribution in [2.75, 3.05) is 11.9 Å². The molecule has 1 atom stereocenters. The Kier molecular flexibility index (Phi) is 4.39. The number of hydrogen-bond donors (Lipinski definition) is 2. The first-order valence-electron chi connectivity index (χ1n) is 6.39. The molecule has 6 nitrogen and oxygen atoms in total. The van der Waals surface area contributed by atoms with Gasteiger partial charge in [0.05, 0.1) is 12.2 Å². The van der Waals surface area contributed by atoms with Crippen molar-refractivity contribution in [2.24, 2.45) is 0 Å². The first-order chi connectivity index (χ1) is 9.51. The Labute approximate surface area is 120 Å². The lowest BCUT2D eigenvalue weighted by Crippen LogP contribution is -2.37. The van der Waals surface area contributed by atoms with Gasteiger partial charge in [-0.25, -0.2) is 4.79 Å². The summed E-state index contributed by atoms with van der Waals surface area (Å²) < 4.78 is 4.95. The second kappa shape index (κ2) is 6.04. The van der Waals surface area contributed by atoms with Crippen molar-refractivity contribution in [1.29, 1.82) is 0 Å². The fourth-order valence-corrected chi connectivity index (χ4v) is 2.88. The van der Waals surface area contributed by atoms with Crippen LogP contribution >= 0.6 is 11.3 Å². The van der Waals surface area contributed by atoms with Gasteiger partial charge < -0.3 is 15.4 Å². The molecule has 7 heteroatoms. The SMILES string of the molecule is CCOC(=O)c1cc(C)sc1NC(=O)C1CCC(=O)N1. The Morgan fingerprint density at radius 2 is 2.30 bits per heavy atom. The lowest BCUT2D eigenvalue weighted by atomic mass is 10.2. The summed E-state index contributed by atoms with van der Waals surface area (Å²) in [5, 5.41) is 5.75. The van der Waals surface area contributed by atoms with E-state index >= 15 is 0 Å². The van der Waals surface area contributed by atoms with Gasteiger partial charge >= 0.3 is 5.97 Å². The molecule has 1 saturated heterocycles. The van der Waals surface area contributed by atoms with Gasteiger partial charge in [-0.15, -0.1) is 11.3 Å². The predicted octanol–water partition coefficient (Wildman–Crippen LogP) is 1.45. The number of nitrogens with one attached hydrogen (secondary N) is 2. The second-order valence-electron chi connectivity index (χ2n) is 4.47. The Morgan fingerprint density at radius 1 is 1.55 bits per heavy atom. The molecule has 0 bridgehead atoms. The number of thiophene rings is 1. The van der Waals surface area contributed by atoms with Crippen molar-refractivity contribution in [3.05, 3.63) is 16.5 Å². The van der Waals surface area contributed by atoms with Gasteiger partial charge in [0.1, 0.15) is 11.0 Å². The molecule has 1 aromatic heterocycles. The molecule has 108 valence electrons. The van der Waals surface area contributed by atoms with Crippen LogP contribution in [-0.2, 0) is 14.3 Å². The van der Waals surface area contributed by atoms with Crippen LogP contribution in [0, 0.1) is 6.92 Å². The number of esters is 1. The van der Waals surface area contributed by atoms with Crippen LogP contribution in [-0.4, -0.2) is 30.4 Å². The average molecular weight is 296 g/mol. The molecule has 0 spiro atoms. The van der Waals surface area contributed by atoms with Crippen molar-refractivity contribution in [3.63, 3.8) is 0 Å². The van der Waals surface area contributed by atoms with Gasteiger partial charge in [0.2, 0.25) is 11.8 Å². The van der Waals surface area contributed by atoms with Crippen LogP contribution in [0.1, 0.15) is 35.0 Å². The van der Waals surface area contributed by atoms with Gasteiger partial charge in [0.15, 0.2) is 0 Å². The Balaban J connectivity index is 2.10. The molecule has 1 unspecified atom stereocenters. The van der Waals surface area contributed by atoms with Crippen molar-refractivity contribution < 1.29 is 19.1 Å². The van der Waals surface area contributed by atoms with Crippen molar-refractivity contribution in [1.82, 2.24) is 5.32 Å². The molecule has 2 rings (SSSR count). The number of rotatable bonds is 4. The summed E-state index contributed by atoms with van der Waals surface area (Å²) in [5.74, 6) is -0.885. The van der Waals surface area contributed by atoms with Crippen LogP contribution in [0.15, 0.2) is 6.07 Å². The molecule has 1 aromatic rings. The molecule has 0 aromatic carbocycles. The molecule has 2 N–H and O–H groups in total. The highest BCUT2D eigenvalue weighted by Gasteiger charge is 2.28. The summed E-state index contributed by atoms with van der Waals surface area (Å²) in [7, 11) is 0. The number of carbonyl (C=O) groups is 3. The predicted molar refractivity (Wildman–Crippen MR) is 74.8 cm³/mol. The zero-order chi connectivity index (χ0) is 14.7. The lowest BCUT2D eigenvalue weighted by Gasteiger charge is -2.10. The van der Waals surface area contributed by atoms with Gasteiger partial charge in [0, 0.05) is 11.3 Å². The van der Waals surface area contributed by atoms with E-state index in [1.807, 2.05) is 6.92 Å². The molecule has 20 heavy (non-hydrogen) atoms. The van der Waals surface area contributed by atoms with E-state index in [-0.39, 0.29) is 18.4 Å². The van der Waals surface area contributed by atoms with E-state index in [0.717, 1.165) is 4.88 Å². The third kappa shape index (κ3) is 3.16. The van der Waals surface area contributed by atoms with E-state index in [4.69, 9.17) is 4.74 Å². The van der Waals surface area contributed by atoms with Gasteiger partial charge in [-0.3, -0.25) is 9.59 Å². The molecule has 2 amide bonds. The summed E-state index contributed by atoms with van der Waals surface area (Å²) in [5.41, 5.74) is 0.354. The largest absolute Gasteiger partial charge is 0.462 e. The number of anilines is 1. The normalized spacial score (nSPS) is 17.7. The molecule has 1 fully saturated rings. The Hall–Kier alpha value is -1.89. The van der Waals surface area contributed by atoms with Crippen molar-refractivity contribution in [3.8, 4) is 0 Å². The first-order valence-corrected chi connectivity index (χ1v) is 7.20. The summed E-state index contributed by atoms with van der Waals surface area (Å²) in [6.07, 6.45) is 0.829. The average Bonchev–Trinajstić information content (AvgIpc) is 2.96. The lowest BCUT2D eigenvalue weighted by molar-refractivity contribution is -0.122. The third-order valence-electron chi connectivity index (χ3n) is 2.90. The van der Waals surface area contributed by atoms with Gasteiger partial charge in [-0.2, -0.15) is 0 Å². The summed E-state index contributed by atoms with van der Waals surface area (Å²) in [6, 6.07) is 1.16. The van der Waals surface area contributed by atoms with E-state index in [9.17, 15) is 14.4 Å². The van der Waals surface area contributed by atoms with Crippen LogP contribution in [0.2, 0.25) is 0 Å². The summed E-state index contributed by atoms with van der Waals surface area (Å²) >= 11 is 1.31. The Bertz CT molecular complexity index is 553. The van der Waals surface area contributed by atoms with E-state index in [1.54, 1.807) is 13.0 Å². The minimum absolute atomic E-state index is 0.127. The summed E-state index contributed by atoms with van der Waals surface area (Å²) in [4.78, 5) is 35.8. The van der Waals surface area contributed by atoms with Crippen LogP contribution in [0.5, 0.6) is 0 Å². The van der Waals surface area contributed by atoms with Crippen molar-refractivity contribution >= 4 is 34.1 Å². The monoisotopic (exact) mass is 296 g/mol. The Morgan fingerprint density at radius 3 is 2.90 bits per heavy atom. The third-order valence-corrected chi connectivity index (χ3v) is 3.87. The molecule has 2 heterocycles. The van der Waals surface area contributed by atoms with E-state index in [0.29, 0.717) is 23.4 Å². The molecular weight excluding hydrogens is 280 g/mol.